The maximum absolute atomic E-state index is 12.3. The molecule has 94 valence electrons. The van der Waals surface area contributed by atoms with Gasteiger partial charge in [-0.1, -0.05) is 38.5 Å². The van der Waals surface area contributed by atoms with Gasteiger partial charge in [-0.3, -0.25) is 4.79 Å². The molecule has 0 aliphatic heterocycles. The van der Waals surface area contributed by atoms with Crippen LogP contribution < -0.4 is 0 Å². The summed E-state index contributed by atoms with van der Waals surface area (Å²) in [5.74, 6) is 0.151. The first-order valence-electron chi connectivity index (χ1n) is 6.47. The molecule has 2 aromatic rings. The van der Waals surface area contributed by atoms with Crippen LogP contribution in [-0.2, 0) is 12.8 Å². The fourth-order valence-corrected chi connectivity index (χ4v) is 2.90. The molecule has 0 N–H and O–H groups in total. The van der Waals surface area contributed by atoms with Gasteiger partial charge >= 0.3 is 0 Å². The number of thiophene rings is 1. The summed E-state index contributed by atoms with van der Waals surface area (Å²) in [6, 6.07) is 12.0. The fraction of sp³-hybridized carbons (Fsp3) is 0.312. The molecule has 2 rings (SSSR count). The van der Waals surface area contributed by atoms with Gasteiger partial charge in [0.15, 0.2) is 0 Å². The van der Waals surface area contributed by atoms with E-state index < -0.39 is 0 Å². The third-order valence-corrected chi connectivity index (χ3v) is 4.19. The molecule has 2 heteroatoms. The average molecular weight is 258 g/mol. The zero-order valence-corrected chi connectivity index (χ0v) is 11.7. The van der Waals surface area contributed by atoms with E-state index in [9.17, 15) is 4.79 Å². The summed E-state index contributed by atoms with van der Waals surface area (Å²) in [4.78, 5) is 14.5. The summed E-state index contributed by atoms with van der Waals surface area (Å²) >= 11 is 1.61. The smallest absolute Gasteiger partial charge is 0.202 e. The molecule has 1 aromatic carbocycles. The number of carbonyl (C=O) groups is 1. The van der Waals surface area contributed by atoms with Crippen molar-refractivity contribution in [3.05, 3.63) is 57.3 Å². The number of hydrogen-bond donors (Lipinski definition) is 0. The topological polar surface area (TPSA) is 17.1 Å². The van der Waals surface area contributed by atoms with Crippen molar-refractivity contribution in [2.24, 2.45) is 0 Å². The first-order valence-corrected chi connectivity index (χ1v) is 7.28. The van der Waals surface area contributed by atoms with E-state index in [2.05, 4.69) is 19.9 Å². The van der Waals surface area contributed by atoms with E-state index >= 15 is 0 Å². The van der Waals surface area contributed by atoms with Crippen molar-refractivity contribution < 1.29 is 4.79 Å². The molecule has 1 heterocycles. The Morgan fingerprint density at radius 1 is 1.17 bits per heavy atom. The van der Waals surface area contributed by atoms with Crippen LogP contribution in [0.5, 0.6) is 0 Å². The summed E-state index contributed by atoms with van der Waals surface area (Å²) in [7, 11) is 0. The molecule has 0 unspecified atom stereocenters. The maximum Gasteiger partial charge on any atom is 0.202 e. The summed E-state index contributed by atoms with van der Waals surface area (Å²) in [5, 5.41) is 0. The molecule has 0 fully saturated rings. The van der Waals surface area contributed by atoms with Crippen molar-refractivity contribution in [2.45, 2.75) is 33.1 Å². The molecule has 0 saturated carbocycles. The monoisotopic (exact) mass is 258 g/mol. The fourth-order valence-electron chi connectivity index (χ4n) is 1.99. The molecule has 0 atom stereocenters. The Bertz CT molecular complexity index is 540. The second kappa shape index (κ2) is 5.96. The van der Waals surface area contributed by atoms with Crippen LogP contribution in [0.15, 0.2) is 36.4 Å². The SMILES string of the molecule is CCCc1cccc(C(=O)c2ccc(CC)s2)c1. The maximum atomic E-state index is 12.3. The second-order valence-electron chi connectivity index (χ2n) is 4.40. The normalized spacial score (nSPS) is 10.6. The van der Waals surface area contributed by atoms with E-state index in [0.717, 1.165) is 29.7 Å². The minimum Gasteiger partial charge on any atom is -0.288 e. The van der Waals surface area contributed by atoms with Crippen LogP contribution in [-0.4, -0.2) is 5.78 Å². The van der Waals surface area contributed by atoms with Crippen molar-refractivity contribution >= 4 is 17.1 Å². The van der Waals surface area contributed by atoms with Crippen molar-refractivity contribution in [3.63, 3.8) is 0 Å². The van der Waals surface area contributed by atoms with Gasteiger partial charge in [0.25, 0.3) is 0 Å². The molecule has 0 spiro atoms. The van der Waals surface area contributed by atoms with Crippen LogP contribution in [0.1, 0.15) is 45.9 Å². The van der Waals surface area contributed by atoms with E-state index in [0.29, 0.717) is 0 Å². The van der Waals surface area contributed by atoms with Crippen LogP contribution in [0.2, 0.25) is 0 Å². The molecule has 18 heavy (non-hydrogen) atoms. The molecule has 0 saturated heterocycles. The van der Waals surface area contributed by atoms with E-state index in [1.54, 1.807) is 11.3 Å². The standard InChI is InChI=1S/C16H18OS/c1-3-6-12-7-5-8-13(11-12)16(17)15-10-9-14(4-2)18-15/h5,7-11H,3-4,6H2,1-2H3. The molecule has 0 radical (unpaired) electrons. The minimum atomic E-state index is 0.151. The highest BCUT2D eigenvalue weighted by Crippen LogP contribution is 2.21. The molecule has 0 aliphatic carbocycles. The first kappa shape index (κ1) is 13.0. The van der Waals surface area contributed by atoms with Crippen LogP contribution in [0.4, 0.5) is 0 Å². The highest BCUT2D eigenvalue weighted by molar-refractivity contribution is 7.14. The number of hydrogen-bond acceptors (Lipinski definition) is 2. The van der Waals surface area contributed by atoms with E-state index in [-0.39, 0.29) is 5.78 Å². The Morgan fingerprint density at radius 2 is 2.00 bits per heavy atom. The lowest BCUT2D eigenvalue weighted by Crippen LogP contribution is -1.99. The molecule has 0 amide bonds. The number of rotatable bonds is 5. The van der Waals surface area contributed by atoms with Crippen LogP contribution in [0.3, 0.4) is 0 Å². The van der Waals surface area contributed by atoms with Gasteiger partial charge in [-0.25, -0.2) is 0 Å². The molecule has 0 aliphatic rings. The van der Waals surface area contributed by atoms with E-state index in [4.69, 9.17) is 0 Å². The van der Waals surface area contributed by atoms with Gasteiger partial charge < -0.3 is 0 Å². The quantitative estimate of drug-likeness (QED) is 0.722. The Hall–Kier alpha value is -1.41. The predicted molar refractivity (Wildman–Crippen MR) is 77.6 cm³/mol. The van der Waals surface area contributed by atoms with Crippen LogP contribution in [0.25, 0.3) is 0 Å². The van der Waals surface area contributed by atoms with Crippen molar-refractivity contribution in [1.82, 2.24) is 0 Å². The van der Waals surface area contributed by atoms with Gasteiger partial charge in [-0.15, -0.1) is 11.3 Å². The van der Waals surface area contributed by atoms with Crippen molar-refractivity contribution in [3.8, 4) is 0 Å². The molecular formula is C16H18OS. The first-order chi connectivity index (χ1) is 8.74. The Morgan fingerprint density at radius 3 is 2.67 bits per heavy atom. The predicted octanol–water partition coefficient (Wildman–Crippen LogP) is 4.49. The second-order valence-corrected chi connectivity index (χ2v) is 5.57. The van der Waals surface area contributed by atoms with Gasteiger partial charge in [-0.2, -0.15) is 0 Å². The third kappa shape index (κ3) is 2.88. The number of aryl methyl sites for hydroxylation is 2. The van der Waals surface area contributed by atoms with Crippen molar-refractivity contribution in [1.29, 1.82) is 0 Å². The highest BCUT2D eigenvalue weighted by atomic mass is 32.1. The van der Waals surface area contributed by atoms with E-state index in [1.807, 2.05) is 30.3 Å². The third-order valence-electron chi connectivity index (χ3n) is 2.96. The van der Waals surface area contributed by atoms with Gasteiger partial charge in [0.1, 0.15) is 0 Å². The lowest BCUT2D eigenvalue weighted by atomic mass is 10.0. The Balaban J connectivity index is 2.25. The van der Waals surface area contributed by atoms with Gasteiger partial charge in [0.2, 0.25) is 5.78 Å². The number of carbonyl (C=O) groups excluding carboxylic acids is 1. The lowest BCUT2D eigenvalue weighted by Gasteiger charge is -2.02. The van der Waals surface area contributed by atoms with Gasteiger partial charge in [-0.05, 0) is 36.6 Å². The average Bonchev–Trinajstić information content (AvgIpc) is 2.87. The lowest BCUT2D eigenvalue weighted by molar-refractivity contribution is 0.104. The Labute approximate surface area is 112 Å². The molecule has 1 nitrogen and oxygen atoms in total. The molecular weight excluding hydrogens is 240 g/mol. The summed E-state index contributed by atoms with van der Waals surface area (Å²) < 4.78 is 0. The van der Waals surface area contributed by atoms with Crippen molar-refractivity contribution in [2.75, 3.05) is 0 Å². The van der Waals surface area contributed by atoms with Gasteiger partial charge in [0.05, 0.1) is 4.88 Å². The number of benzene rings is 1. The minimum absolute atomic E-state index is 0.151. The van der Waals surface area contributed by atoms with E-state index in [1.165, 1.54) is 10.4 Å². The Kier molecular flexibility index (Phi) is 4.32. The van der Waals surface area contributed by atoms with Crippen LogP contribution >= 0.6 is 11.3 Å². The summed E-state index contributed by atoms with van der Waals surface area (Å²) in [6.45, 7) is 4.27. The molecule has 1 aromatic heterocycles. The number of ketones is 1. The molecule has 0 bridgehead atoms. The summed E-state index contributed by atoms with van der Waals surface area (Å²) in [5.41, 5.74) is 2.06. The van der Waals surface area contributed by atoms with Gasteiger partial charge in [0, 0.05) is 10.4 Å². The largest absolute Gasteiger partial charge is 0.288 e. The zero-order chi connectivity index (χ0) is 13.0. The highest BCUT2D eigenvalue weighted by Gasteiger charge is 2.11. The summed E-state index contributed by atoms with van der Waals surface area (Å²) in [6.07, 6.45) is 3.14. The van der Waals surface area contributed by atoms with Crippen LogP contribution in [0, 0.1) is 0 Å². The zero-order valence-electron chi connectivity index (χ0n) is 10.9.